The van der Waals surface area contributed by atoms with Gasteiger partial charge in [-0.3, -0.25) is 4.79 Å². The molecule has 0 unspecified atom stereocenters. The number of sulfonamides is 1. The zero-order valence-corrected chi connectivity index (χ0v) is 16.2. The number of hydrogen-bond donors (Lipinski definition) is 1. The van der Waals surface area contributed by atoms with Gasteiger partial charge in [0.15, 0.2) is 0 Å². The summed E-state index contributed by atoms with van der Waals surface area (Å²) in [6.07, 6.45) is 0. The summed E-state index contributed by atoms with van der Waals surface area (Å²) in [7, 11) is -2.12. The van der Waals surface area contributed by atoms with Gasteiger partial charge < -0.3 is 9.64 Å². The zero-order valence-electron chi connectivity index (χ0n) is 14.6. The summed E-state index contributed by atoms with van der Waals surface area (Å²) in [5.74, 6) is 0.524. The van der Waals surface area contributed by atoms with Gasteiger partial charge in [-0.1, -0.05) is 35.9 Å². The van der Waals surface area contributed by atoms with Gasteiger partial charge in [0.05, 0.1) is 12.0 Å². The van der Waals surface area contributed by atoms with Crippen LogP contribution in [-0.4, -0.2) is 39.4 Å². The molecule has 140 valence electrons. The van der Waals surface area contributed by atoms with E-state index >= 15 is 0 Å². The lowest BCUT2D eigenvalue weighted by molar-refractivity contribution is -0.129. The minimum Gasteiger partial charge on any atom is -0.496 e. The van der Waals surface area contributed by atoms with E-state index in [-0.39, 0.29) is 23.9 Å². The van der Waals surface area contributed by atoms with E-state index in [2.05, 4.69) is 4.72 Å². The van der Waals surface area contributed by atoms with Crippen molar-refractivity contribution < 1.29 is 17.9 Å². The first-order valence-electron chi connectivity index (χ1n) is 7.96. The number of carbonyl (C=O) groups is 1. The van der Waals surface area contributed by atoms with Crippen molar-refractivity contribution in [2.45, 2.75) is 18.4 Å². The molecule has 2 rings (SSSR count). The van der Waals surface area contributed by atoms with Crippen LogP contribution in [0.3, 0.4) is 0 Å². The summed E-state index contributed by atoms with van der Waals surface area (Å²) in [6, 6.07) is 13.4. The van der Waals surface area contributed by atoms with Crippen molar-refractivity contribution in [3.8, 4) is 5.75 Å². The van der Waals surface area contributed by atoms with Gasteiger partial charge in [0.25, 0.3) is 0 Å². The number of carbonyl (C=O) groups excluding carboxylic acids is 1. The van der Waals surface area contributed by atoms with E-state index < -0.39 is 10.0 Å². The number of methoxy groups -OCH3 is 1. The minimum absolute atomic E-state index is 0.0869. The molecular formula is C18H21ClN2O4S. The van der Waals surface area contributed by atoms with Crippen LogP contribution in [0.4, 0.5) is 0 Å². The van der Waals surface area contributed by atoms with Crippen molar-refractivity contribution in [1.82, 2.24) is 9.62 Å². The number of halogens is 1. The van der Waals surface area contributed by atoms with Gasteiger partial charge >= 0.3 is 0 Å². The number of nitrogens with zero attached hydrogens (tertiary/aromatic N) is 1. The highest BCUT2D eigenvalue weighted by Crippen LogP contribution is 2.19. The molecule has 2 aromatic carbocycles. The predicted molar refractivity (Wildman–Crippen MR) is 101 cm³/mol. The normalized spacial score (nSPS) is 11.2. The monoisotopic (exact) mass is 396 g/mol. The molecule has 1 amide bonds. The van der Waals surface area contributed by atoms with E-state index in [0.29, 0.717) is 17.3 Å². The average Bonchev–Trinajstić information content (AvgIpc) is 2.61. The Bertz CT molecular complexity index is 871. The van der Waals surface area contributed by atoms with Crippen molar-refractivity contribution in [2.75, 3.05) is 20.2 Å². The van der Waals surface area contributed by atoms with Gasteiger partial charge in [-0.05, 0) is 24.3 Å². The number of para-hydroxylation sites is 1. The molecule has 6 nitrogen and oxygen atoms in total. The van der Waals surface area contributed by atoms with Gasteiger partial charge in [-0.15, -0.1) is 0 Å². The molecule has 0 heterocycles. The summed E-state index contributed by atoms with van der Waals surface area (Å²) >= 11 is 5.84. The highest BCUT2D eigenvalue weighted by atomic mass is 35.5. The van der Waals surface area contributed by atoms with E-state index in [0.717, 1.165) is 5.56 Å². The zero-order chi connectivity index (χ0) is 19.2. The smallest absolute Gasteiger partial charge is 0.240 e. The maximum Gasteiger partial charge on any atom is 0.240 e. The van der Waals surface area contributed by atoms with Gasteiger partial charge in [0, 0.05) is 37.1 Å². The molecule has 0 aliphatic carbocycles. The Balaban J connectivity index is 2.02. The van der Waals surface area contributed by atoms with Crippen LogP contribution >= 0.6 is 11.6 Å². The molecule has 0 fully saturated rings. The third kappa shape index (κ3) is 5.45. The highest BCUT2D eigenvalue weighted by molar-refractivity contribution is 7.89. The SMILES string of the molecule is COc1ccccc1CN(CCNS(=O)(=O)c1cccc(Cl)c1)C(C)=O. The number of rotatable bonds is 8. The molecule has 0 saturated carbocycles. The Kier molecular flexibility index (Phi) is 7.02. The fourth-order valence-corrected chi connectivity index (χ4v) is 3.74. The second kappa shape index (κ2) is 9.02. The number of ether oxygens (including phenoxy) is 1. The second-order valence-electron chi connectivity index (χ2n) is 5.61. The Morgan fingerprint density at radius 3 is 2.58 bits per heavy atom. The van der Waals surface area contributed by atoms with Crippen LogP contribution in [0.25, 0.3) is 0 Å². The van der Waals surface area contributed by atoms with Gasteiger partial charge in [-0.25, -0.2) is 13.1 Å². The van der Waals surface area contributed by atoms with Crippen molar-refractivity contribution in [1.29, 1.82) is 0 Å². The lowest BCUT2D eigenvalue weighted by Gasteiger charge is -2.22. The molecule has 26 heavy (non-hydrogen) atoms. The molecule has 0 bridgehead atoms. The first-order chi connectivity index (χ1) is 12.3. The maximum atomic E-state index is 12.3. The molecule has 8 heteroatoms. The van der Waals surface area contributed by atoms with Crippen molar-refractivity contribution >= 4 is 27.5 Å². The molecule has 1 N–H and O–H groups in total. The molecule has 0 aliphatic rings. The second-order valence-corrected chi connectivity index (χ2v) is 7.81. The fourth-order valence-electron chi connectivity index (χ4n) is 2.42. The van der Waals surface area contributed by atoms with Crippen LogP contribution < -0.4 is 9.46 Å². The van der Waals surface area contributed by atoms with Gasteiger partial charge in [0.2, 0.25) is 15.9 Å². The van der Waals surface area contributed by atoms with Crippen LogP contribution in [0, 0.1) is 0 Å². The molecule has 2 aromatic rings. The van der Waals surface area contributed by atoms with Crippen LogP contribution in [0.1, 0.15) is 12.5 Å². The van der Waals surface area contributed by atoms with E-state index in [9.17, 15) is 13.2 Å². The lowest BCUT2D eigenvalue weighted by Crippen LogP contribution is -2.37. The summed E-state index contributed by atoms with van der Waals surface area (Å²) in [5.41, 5.74) is 0.850. The summed E-state index contributed by atoms with van der Waals surface area (Å²) in [5, 5.41) is 0.342. The number of hydrogen-bond acceptors (Lipinski definition) is 4. The maximum absolute atomic E-state index is 12.3. The Hall–Kier alpha value is -2.09. The largest absolute Gasteiger partial charge is 0.496 e. The van der Waals surface area contributed by atoms with E-state index in [1.54, 1.807) is 24.1 Å². The van der Waals surface area contributed by atoms with E-state index in [1.807, 2.05) is 24.3 Å². The summed E-state index contributed by atoms with van der Waals surface area (Å²) in [4.78, 5) is 13.5. The molecule has 0 radical (unpaired) electrons. The average molecular weight is 397 g/mol. The first kappa shape index (κ1) is 20.2. The quantitative estimate of drug-likeness (QED) is 0.744. The fraction of sp³-hybridized carbons (Fsp3) is 0.278. The van der Waals surface area contributed by atoms with Crippen molar-refractivity contribution in [2.24, 2.45) is 0 Å². The van der Waals surface area contributed by atoms with Crippen LogP contribution in [0.2, 0.25) is 5.02 Å². The third-order valence-corrected chi connectivity index (χ3v) is 5.47. The topological polar surface area (TPSA) is 75.7 Å². The molecule has 0 aliphatic heterocycles. The van der Waals surface area contributed by atoms with Gasteiger partial charge in [0.1, 0.15) is 5.75 Å². The molecule has 0 aromatic heterocycles. The summed E-state index contributed by atoms with van der Waals surface area (Å²) < 4.78 is 32.4. The highest BCUT2D eigenvalue weighted by Gasteiger charge is 2.16. The number of amides is 1. The molecular weight excluding hydrogens is 376 g/mol. The molecule has 0 saturated heterocycles. The van der Waals surface area contributed by atoms with Crippen LogP contribution in [-0.2, 0) is 21.4 Å². The van der Waals surface area contributed by atoms with Crippen LogP contribution in [0.15, 0.2) is 53.4 Å². The summed E-state index contributed by atoms with van der Waals surface area (Å²) in [6.45, 7) is 2.09. The number of nitrogens with one attached hydrogen (secondary N) is 1. The van der Waals surface area contributed by atoms with Gasteiger partial charge in [-0.2, -0.15) is 0 Å². The van der Waals surface area contributed by atoms with Crippen LogP contribution in [0.5, 0.6) is 5.75 Å². The Morgan fingerprint density at radius 1 is 1.19 bits per heavy atom. The van der Waals surface area contributed by atoms with Crippen molar-refractivity contribution in [3.63, 3.8) is 0 Å². The van der Waals surface area contributed by atoms with E-state index in [1.165, 1.54) is 19.1 Å². The number of benzene rings is 2. The minimum atomic E-state index is -3.69. The molecule has 0 spiro atoms. The standard InChI is InChI=1S/C18H21ClN2O4S/c1-14(22)21(13-15-6-3-4-9-18(15)25-2)11-10-20-26(23,24)17-8-5-7-16(19)12-17/h3-9,12,20H,10-11,13H2,1-2H3. The lowest BCUT2D eigenvalue weighted by atomic mass is 10.2. The Labute approximate surface area is 158 Å². The van der Waals surface area contributed by atoms with E-state index in [4.69, 9.17) is 16.3 Å². The van der Waals surface area contributed by atoms with Crippen molar-refractivity contribution in [3.05, 3.63) is 59.1 Å². The third-order valence-electron chi connectivity index (χ3n) is 3.78. The Morgan fingerprint density at radius 2 is 1.92 bits per heavy atom. The predicted octanol–water partition coefficient (Wildman–Crippen LogP) is 2.68. The first-order valence-corrected chi connectivity index (χ1v) is 9.82. The molecule has 0 atom stereocenters.